The van der Waals surface area contributed by atoms with Gasteiger partial charge < -0.3 is 4.74 Å². The Morgan fingerprint density at radius 2 is 2.08 bits per heavy atom. The fourth-order valence-corrected chi connectivity index (χ4v) is 1.07. The SMILES string of the molecule is FC(F)(F)COc1cccc(I)n1. The first-order valence-electron chi connectivity index (χ1n) is 3.29. The van der Waals surface area contributed by atoms with Crippen molar-refractivity contribution in [3.63, 3.8) is 0 Å². The van der Waals surface area contributed by atoms with Gasteiger partial charge in [-0.15, -0.1) is 0 Å². The molecule has 0 aliphatic rings. The van der Waals surface area contributed by atoms with Crippen LogP contribution >= 0.6 is 22.6 Å². The van der Waals surface area contributed by atoms with Gasteiger partial charge in [0.1, 0.15) is 3.70 Å². The summed E-state index contributed by atoms with van der Waals surface area (Å²) in [7, 11) is 0. The van der Waals surface area contributed by atoms with Gasteiger partial charge in [-0.1, -0.05) is 6.07 Å². The van der Waals surface area contributed by atoms with E-state index in [1.165, 1.54) is 6.07 Å². The Hall–Kier alpha value is -0.530. The molecule has 0 bridgehead atoms. The van der Waals surface area contributed by atoms with Gasteiger partial charge >= 0.3 is 6.18 Å². The van der Waals surface area contributed by atoms with Crippen molar-refractivity contribution in [2.24, 2.45) is 0 Å². The summed E-state index contributed by atoms with van der Waals surface area (Å²) in [5, 5.41) is 0. The van der Waals surface area contributed by atoms with Crippen molar-refractivity contribution in [1.82, 2.24) is 4.98 Å². The maximum atomic E-state index is 11.7. The highest BCUT2D eigenvalue weighted by Gasteiger charge is 2.28. The maximum Gasteiger partial charge on any atom is 0.422 e. The normalized spacial score (nSPS) is 11.4. The molecule has 0 aliphatic heterocycles. The van der Waals surface area contributed by atoms with Crippen molar-refractivity contribution in [1.29, 1.82) is 0 Å². The summed E-state index contributed by atoms with van der Waals surface area (Å²) in [5.41, 5.74) is 0. The van der Waals surface area contributed by atoms with Gasteiger partial charge in [-0.05, 0) is 28.7 Å². The van der Waals surface area contributed by atoms with Crippen molar-refractivity contribution in [3.05, 3.63) is 21.9 Å². The highest BCUT2D eigenvalue weighted by Crippen LogP contribution is 2.17. The number of hydrogen-bond donors (Lipinski definition) is 0. The molecular formula is C7H5F3INO. The van der Waals surface area contributed by atoms with Crippen LogP contribution in [-0.4, -0.2) is 17.8 Å². The first-order valence-corrected chi connectivity index (χ1v) is 4.37. The van der Waals surface area contributed by atoms with Gasteiger partial charge in [0.2, 0.25) is 5.88 Å². The summed E-state index contributed by atoms with van der Waals surface area (Å²) >= 11 is 1.89. The van der Waals surface area contributed by atoms with E-state index >= 15 is 0 Å². The lowest BCUT2D eigenvalue weighted by Crippen LogP contribution is -2.19. The molecule has 0 radical (unpaired) electrons. The first-order chi connectivity index (χ1) is 5.97. The molecule has 0 saturated carbocycles. The minimum atomic E-state index is -4.32. The van der Waals surface area contributed by atoms with Crippen molar-refractivity contribution >= 4 is 22.6 Å². The molecule has 0 aliphatic carbocycles. The van der Waals surface area contributed by atoms with Gasteiger partial charge in [-0.25, -0.2) is 4.98 Å². The monoisotopic (exact) mass is 303 g/mol. The number of alkyl halides is 3. The van der Waals surface area contributed by atoms with E-state index in [2.05, 4.69) is 9.72 Å². The largest absolute Gasteiger partial charge is 0.468 e. The van der Waals surface area contributed by atoms with Crippen molar-refractivity contribution in [2.75, 3.05) is 6.61 Å². The van der Waals surface area contributed by atoms with E-state index in [1.54, 1.807) is 12.1 Å². The third kappa shape index (κ3) is 4.30. The van der Waals surface area contributed by atoms with E-state index in [4.69, 9.17) is 0 Å². The number of rotatable bonds is 2. The second kappa shape index (κ2) is 4.12. The van der Waals surface area contributed by atoms with E-state index in [0.29, 0.717) is 3.70 Å². The second-order valence-corrected chi connectivity index (χ2v) is 3.31. The van der Waals surface area contributed by atoms with Crippen molar-refractivity contribution in [2.45, 2.75) is 6.18 Å². The van der Waals surface area contributed by atoms with Gasteiger partial charge in [0.25, 0.3) is 0 Å². The smallest absolute Gasteiger partial charge is 0.422 e. The highest BCUT2D eigenvalue weighted by atomic mass is 127. The molecule has 0 amide bonds. The van der Waals surface area contributed by atoms with Crippen LogP contribution in [0.5, 0.6) is 5.88 Å². The van der Waals surface area contributed by atoms with Crippen LogP contribution in [0.3, 0.4) is 0 Å². The summed E-state index contributed by atoms with van der Waals surface area (Å²) in [5.74, 6) is -0.00998. The van der Waals surface area contributed by atoms with Gasteiger partial charge in [0, 0.05) is 6.07 Å². The van der Waals surface area contributed by atoms with E-state index in [0.717, 1.165) is 0 Å². The highest BCUT2D eigenvalue weighted by molar-refractivity contribution is 14.1. The number of pyridine rings is 1. The molecule has 0 N–H and O–H groups in total. The van der Waals surface area contributed by atoms with Crippen LogP contribution in [0.25, 0.3) is 0 Å². The molecule has 1 aromatic heterocycles. The summed E-state index contributed by atoms with van der Waals surface area (Å²) in [6.07, 6.45) is -4.32. The molecule has 72 valence electrons. The number of hydrogen-bond acceptors (Lipinski definition) is 2. The minimum absolute atomic E-state index is 0.00998. The zero-order chi connectivity index (χ0) is 9.90. The third-order valence-electron chi connectivity index (χ3n) is 1.07. The minimum Gasteiger partial charge on any atom is -0.468 e. The molecule has 0 spiro atoms. The first kappa shape index (κ1) is 10.6. The van der Waals surface area contributed by atoms with Crippen LogP contribution in [0, 0.1) is 3.70 Å². The van der Waals surface area contributed by atoms with Crippen molar-refractivity contribution in [3.8, 4) is 5.88 Å². The molecule has 13 heavy (non-hydrogen) atoms. The van der Waals surface area contributed by atoms with Crippen LogP contribution in [0.4, 0.5) is 13.2 Å². The van der Waals surface area contributed by atoms with E-state index in [1.807, 2.05) is 22.6 Å². The van der Waals surface area contributed by atoms with Crippen LogP contribution < -0.4 is 4.74 Å². The molecule has 1 aromatic rings. The van der Waals surface area contributed by atoms with Crippen LogP contribution in [0.1, 0.15) is 0 Å². The second-order valence-electron chi connectivity index (χ2n) is 2.20. The van der Waals surface area contributed by atoms with Crippen LogP contribution in [0.15, 0.2) is 18.2 Å². The lowest BCUT2D eigenvalue weighted by atomic mass is 10.5. The molecule has 0 aromatic carbocycles. The zero-order valence-corrected chi connectivity index (χ0v) is 8.46. The van der Waals surface area contributed by atoms with E-state index in [-0.39, 0.29) is 5.88 Å². The molecule has 2 nitrogen and oxygen atoms in total. The lowest BCUT2D eigenvalue weighted by molar-refractivity contribution is -0.154. The molecule has 0 fully saturated rings. The standard InChI is InChI=1S/C7H5F3INO/c8-7(9,10)4-13-6-3-1-2-5(11)12-6/h1-3H,4H2. The van der Waals surface area contributed by atoms with Gasteiger partial charge in [-0.2, -0.15) is 13.2 Å². The predicted octanol–water partition coefficient (Wildman–Crippen LogP) is 2.63. The average molecular weight is 303 g/mol. The topological polar surface area (TPSA) is 22.1 Å². The molecule has 6 heteroatoms. The predicted molar refractivity (Wildman–Crippen MR) is 48.5 cm³/mol. The summed E-state index contributed by atoms with van der Waals surface area (Å²) in [6, 6.07) is 4.63. The number of halogens is 4. The molecule has 0 atom stereocenters. The Morgan fingerprint density at radius 3 is 2.62 bits per heavy atom. The van der Waals surface area contributed by atoms with Crippen molar-refractivity contribution < 1.29 is 17.9 Å². The van der Waals surface area contributed by atoms with Gasteiger partial charge in [-0.3, -0.25) is 0 Å². The molecular weight excluding hydrogens is 298 g/mol. The summed E-state index contributed by atoms with van der Waals surface area (Å²) < 4.78 is 40.1. The lowest BCUT2D eigenvalue weighted by Gasteiger charge is -2.07. The zero-order valence-electron chi connectivity index (χ0n) is 6.31. The molecule has 1 rings (SSSR count). The molecule has 1 heterocycles. The van der Waals surface area contributed by atoms with E-state index < -0.39 is 12.8 Å². The summed E-state index contributed by atoms with van der Waals surface area (Å²) in [4.78, 5) is 3.74. The Bertz CT molecular complexity index is 289. The Morgan fingerprint density at radius 1 is 1.38 bits per heavy atom. The number of ether oxygens (including phenoxy) is 1. The molecule has 0 unspecified atom stereocenters. The fourth-order valence-electron chi connectivity index (χ4n) is 0.626. The Kier molecular flexibility index (Phi) is 3.34. The quantitative estimate of drug-likeness (QED) is 0.619. The fraction of sp³-hybridized carbons (Fsp3) is 0.286. The molecule has 0 saturated heterocycles. The maximum absolute atomic E-state index is 11.7. The summed E-state index contributed by atoms with van der Waals surface area (Å²) in [6.45, 7) is -1.31. The number of aromatic nitrogens is 1. The number of nitrogens with zero attached hydrogens (tertiary/aromatic N) is 1. The van der Waals surface area contributed by atoms with Gasteiger partial charge in [0.15, 0.2) is 6.61 Å². The van der Waals surface area contributed by atoms with Gasteiger partial charge in [0.05, 0.1) is 0 Å². The Labute approximate surface area is 86.3 Å². The van der Waals surface area contributed by atoms with Crippen LogP contribution in [0.2, 0.25) is 0 Å². The Balaban J connectivity index is 2.55. The van der Waals surface area contributed by atoms with Crippen LogP contribution in [-0.2, 0) is 0 Å². The third-order valence-corrected chi connectivity index (χ3v) is 1.67. The average Bonchev–Trinajstić information content (AvgIpc) is 2.00. The van der Waals surface area contributed by atoms with E-state index in [9.17, 15) is 13.2 Å².